The first-order valence-electron chi connectivity index (χ1n) is 7.25. The Bertz CT molecular complexity index is 641. The second kappa shape index (κ2) is 9.38. The Morgan fingerprint density at radius 2 is 1.87 bits per heavy atom. The van der Waals surface area contributed by atoms with Crippen LogP contribution in [0.5, 0.6) is 11.5 Å². The van der Waals surface area contributed by atoms with Crippen LogP contribution in [0.4, 0.5) is 0 Å². The molecule has 5 heteroatoms. The summed E-state index contributed by atoms with van der Waals surface area (Å²) in [5, 5.41) is 2.68. The van der Waals surface area contributed by atoms with Crippen molar-refractivity contribution in [3.63, 3.8) is 0 Å². The van der Waals surface area contributed by atoms with Gasteiger partial charge >= 0.3 is 0 Å². The molecule has 0 saturated carbocycles. The average molecular weight is 313 g/mol. The maximum atomic E-state index is 10.1. The molecule has 0 saturated heterocycles. The molecule has 2 aromatic carbocycles. The van der Waals surface area contributed by atoms with Gasteiger partial charge in [0.05, 0.1) is 26.5 Å². The lowest BCUT2D eigenvalue weighted by Gasteiger charge is -2.11. The van der Waals surface area contributed by atoms with Crippen LogP contribution < -0.4 is 9.47 Å². The second-order valence-electron chi connectivity index (χ2n) is 4.72. The van der Waals surface area contributed by atoms with E-state index in [0.29, 0.717) is 31.3 Å². The molecule has 0 atom stereocenters. The van der Waals surface area contributed by atoms with Crippen molar-refractivity contribution in [1.82, 2.24) is 0 Å². The second-order valence-corrected chi connectivity index (χ2v) is 4.72. The van der Waals surface area contributed by atoms with Crippen molar-refractivity contribution < 1.29 is 14.2 Å². The van der Waals surface area contributed by atoms with Crippen molar-refractivity contribution in [2.24, 2.45) is 5.18 Å². The highest BCUT2D eigenvalue weighted by molar-refractivity contribution is 5.55. The SMILES string of the molecule is COc1cc(/C=C/N=O)ccc1OCCOCc1ccccc1. The lowest BCUT2D eigenvalue weighted by atomic mass is 10.2. The van der Waals surface area contributed by atoms with Crippen LogP contribution in [0.15, 0.2) is 59.9 Å². The third-order valence-electron chi connectivity index (χ3n) is 3.11. The van der Waals surface area contributed by atoms with E-state index in [0.717, 1.165) is 11.1 Å². The minimum atomic E-state index is 0.425. The predicted molar refractivity (Wildman–Crippen MR) is 89.4 cm³/mol. The van der Waals surface area contributed by atoms with E-state index in [4.69, 9.17) is 14.2 Å². The summed E-state index contributed by atoms with van der Waals surface area (Å²) < 4.78 is 16.5. The molecule has 0 aliphatic heterocycles. The average Bonchev–Trinajstić information content (AvgIpc) is 2.61. The highest BCUT2D eigenvalue weighted by Gasteiger charge is 2.04. The van der Waals surface area contributed by atoms with E-state index in [1.54, 1.807) is 25.3 Å². The molecular weight excluding hydrogens is 294 g/mol. The summed E-state index contributed by atoms with van der Waals surface area (Å²) in [4.78, 5) is 10.1. The summed E-state index contributed by atoms with van der Waals surface area (Å²) in [6, 6.07) is 15.4. The maximum absolute atomic E-state index is 10.1. The van der Waals surface area contributed by atoms with E-state index in [-0.39, 0.29) is 0 Å². The highest BCUT2D eigenvalue weighted by atomic mass is 16.5. The Morgan fingerprint density at radius 3 is 2.61 bits per heavy atom. The number of hydrogen-bond acceptors (Lipinski definition) is 5. The smallest absolute Gasteiger partial charge is 0.161 e. The molecule has 2 rings (SSSR count). The van der Waals surface area contributed by atoms with Crippen LogP contribution in [0, 0.1) is 4.91 Å². The monoisotopic (exact) mass is 313 g/mol. The van der Waals surface area contributed by atoms with Crippen molar-refractivity contribution in [1.29, 1.82) is 0 Å². The quantitative estimate of drug-likeness (QED) is 0.518. The van der Waals surface area contributed by atoms with Crippen LogP contribution in [0.1, 0.15) is 11.1 Å². The summed E-state index contributed by atoms with van der Waals surface area (Å²) in [5.41, 5.74) is 1.94. The van der Waals surface area contributed by atoms with Gasteiger partial charge in [-0.05, 0) is 34.5 Å². The lowest BCUT2D eigenvalue weighted by molar-refractivity contribution is 0.0880. The number of hydrogen-bond donors (Lipinski definition) is 0. The fourth-order valence-corrected chi connectivity index (χ4v) is 2.00. The number of nitrogens with zero attached hydrogens (tertiary/aromatic N) is 1. The standard InChI is InChI=1S/C18H19NO4/c1-21-18-13-15(9-10-19-20)7-8-17(18)23-12-11-22-14-16-5-3-2-4-6-16/h2-10,13H,11-12,14H2,1H3/b10-9+. The van der Waals surface area contributed by atoms with Gasteiger partial charge in [-0.3, -0.25) is 0 Å². The van der Waals surface area contributed by atoms with Crippen molar-refractivity contribution >= 4 is 6.08 Å². The molecule has 2 aromatic rings. The number of rotatable bonds is 9. The van der Waals surface area contributed by atoms with E-state index in [1.807, 2.05) is 36.4 Å². The molecule has 0 aliphatic rings. The van der Waals surface area contributed by atoms with Crippen molar-refractivity contribution in [3.05, 3.63) is 70.8 Å². The van der Waals surface area contributed by atoms with Crippen LogP contribution >= 0.6 is 0 Å². The molecular formula is C18H19NO4. The van der Waals surface area contributed by atoms with E-state index in [2.05, 4.69) is 5.18 Å². The Kier molecular flexibility index (Phi) is 6.81. The molecule has 0 bridgehead atoms. The molecule has 23 heavy (non-hydrogen) atoms. The molecule has 0 heterocycles. The van der Waals surface area contributed by atoms with Gasteiger partial charge in [-0.2, -0.15) is 0 Å². The molecule has 0 spiro atoms. The zero-order valence-corrected chi connectivity index (χ0v) is 13.0. The minimum absolute atomic E-state index is 0.425. The van der Waals surface area contributed by atoms with Gasteiger partial charge in [-0.15, -0.1) is 4.91 Å². The Labute approximate surface area is 135 Å². The van der Waals surface area contributed by atoms with Gasteiger partial charge in [0.15, 0.2) is 11.5 Å². The number of ether oxygens (including phenoxy) is 3. The van der Waals surface area contributed by atoms with Crippen molar-refractivity contribution in [3.8, 4) is 11.5 Å². The van der Waals surface area contributed by atoms with Crippen LogP contribution in [-0.4, -0.2) is 20.3 Å². The van der Waals surface area contributed by atoms with Crippen LogP contribution in [0.3, 0.4) is 0 Å². The molecule has 120 valence electrons. The summed E-state index contributed by atoms with van der Waals surface area (Å²) in [5.74, 6) is 1.23. The van der Waals surface area contributed by atoms with Gasteiger partial charge in [-0.1, -0.05) is 36.4 Å². The molecule has 0 amide bonds. The Balaban J connectivity index is 1.80. The Hall–Kier alpha value is -2.66. The lowest BCUT2D eigenvalue weighted by Crippen LogP contribution is -2.07. The minimum Gasteiger partial charge on any atom is -0.493 e. The summed E-state index contributed by atoms with van der Waals surface area (Å²) in [6.07, 6.45) is 2.79. The molecule has 0 unspecified atom stereocenters. The van der Waals surface area contributed by atoms with Gasteiger partial charge in [0.25, 0.3) is 0 Å². The third kappa shape index (κ3) is 5.56. The topological polar surface area (TPSA) is 57.1 Å². The van der Waals surface area contributed by atoms with Crippen LogP contribution in [0.2, 0.25) is 0 Å². The number of nitroso groups, excluding NO2 is 1. The Morgan fingerprint density at radius 1 is 1.04 bits per heavy atom. The zero-order valence-electron chi connectivity index (χ0n) is 13.0. The molecule has 0 aromatic heterocycles. The fourth-order valence-electron chi connectivity index (χ4n) is 2.00. The predicted octanol–water partition coefficient (Wildman–Crippen LogP) is 4.03. The molecule has 0 fully saturated rings. The van der Waals surface area contributed by atoms with E-state index >= 15 is 0 Å². The first-order valence-corrected chi connectivity index (χ1v) is 7.25. The number of methoxy groups -OCH3 is 1. The van der Waals surface area contributed by atoms with Gasteiger partial charge in [0.1, 0.15) is 6.61 Å². The molecule has 0 N–H and O–H groups in total. The largest absolute Gasteiger partial charge is 0.493 e. The van der Waals surface area contributed by atoms with Gasteiger partial charge in [0.2, 0.25) is 0 Å². The van der Waals surface area contributed by atoms with Gasteiger partial charge in [-0.25, -0.2) is 0 Å². The molecule has 0 aliphatic carbocycles. The first-order chi connectivity index (χ1) is 11.3. The van der Waals surface area contributed by atoms with Gasteiger partial charge in [0, 0.05) is 0 Å². The summed E-state index contributed by atoms with van der Waals surface area (Å²) in [6.45, 7) is 1.47. The van der Waals surface area contributed by atoms with E-state index < -0.39 is 0 Å². The van der Waals surface area contributed by atoms with Crippen molar-refractivity contribution in [2.45, 2.75) is 6.61 Å². The van der Waals surface area contributed by atoms with E-state index in [9.17, 15) is 4.91 Å². The maximum Gasteiger partial charge on any atom is 0.161 e. The van der Waals surface area contributed by atoms with E-state index in [1.165, 1.54) is 6.20 Å². The van der Waals surface area contributed by atoms with Crippen molar-refractivity contribution in [2.75, 3.05) is 20.3 Å². The van der Waals surface area contributed by atoms with Crippen LogP contribution in [-0.2, 0) is 11.3 Å². The number of benzene rings is 2. The summed E-state index contributed by atoms with van der Waals surface area (Å²) in [7, 11) is 1.57. The third-order valence-corrected chi connectivity index (χ3v) is 3.11. The normalized spacial score (nSPS) is 10.7. The molecule has 5 nitrogen and oxygen atoms in total. The highest BCUT2D eigenvalue weighted by Crippen LogP contribution is 2.28. The van der Waals surface area contributed by atoms with Crippen LogP contribution in [0.25, 0.3) is 6.08 Å². The molecule has 0 radical (unpaired) electrons. The first kappa shape index (κ1) is 16.7. The fraction of sp³-hybridized carbons (Fsp3) is 0.222. The summed E-state index contributed by atoms with van der Waals surface area (Å²) >= 11 is 0. The van der Waals surface area contributed by atoms with Gasteiger partial charge < -0.3 is 14.2 Å². The zero-order chi connectivity index (χ0) is 16.3.